The van der Waals surface area contributed by atoms with E-state index in [2.05, 4.69) is 5.32 Å². The SMILES string of the molecule is CNC(=O)C(C)N(Cc1ccccc1Cl)C(=O)CN(c1ccc(C)c(Cl)c1)S(C)(=O)=O. The number of likely N-dealkylation sites (N-methyl/N-ethyl adjacent to an activating group) is 1. The number of carbonyl (C=O) groups is 2. The largest absolute Gasteiger partial charge is 0.357 e. The fraction of sp³-hybridized carbons (Fsp3) is 0.333. The lowest BCUT2D eigenvalue weighted by molar-refractivity contribution is -0.139. The highest BCUT2D eigenvalue weighted by Crippen LogP contribution is 2.25. The maximum absolute atomic E-state index is 13.3. The van der Waals surface area contributed by atoms with Gasteiger partial charge in [0, 0.05) is 23.6 Å². The van der Waals surface area contributed by atoms with Gasteiger partial charge >= 0.3 is 0 Å². The molecule has 0 aliphatic carbocycles. The molecular weight excluding hydrogens is 461 g/mol. The van der Waals surface area contributed by atoms with E-state index in [0.29, 0.717) is 15.6 Å². The fourth-order valence-electron chi connectivity index (χ4n) is 2.95. The number of benzene rings is 2. The quantitative estimate of drug-likeness (QED) is 0.621. The Bertz CT molecular complexity index is 1080. The molecular formula is C21H25Cl2N3O4S. The lowest BCUT2D eigenvalue weighted by atomic mass is 10.1. The summed E-state index contributed by atoms with van der Waals surface area (Å²) in [6.07, 6.45) is 1.01. The minimum absolute atomic E-state index is 0.0410. The van der Waals surface area contributed by atoms with Gasteiger partial charge in [0.25, 0.3) is 0 Å². The second-order valence-electron chi connectivity index (χ2n) is 7.11. The molecule has 0 bridgehead atoms. The highest BCUT2D eigenvalue weighted by Gasteiger charge is 2.30. The van der Waals surface area contributed by atoms with Gasteiger partial charge in [0.2, 0.25) is 21.8 Å². The van der Waals surface area contributed by atoms with Crippen LogP contribution < -0.4 is 9.62 Å². The van der Waals surface area contributed by atoms with Crippen LogP contribution in [0.25, 0.3) is 0 Å². The summed E-state index contributed by atoms with van der Waals surface area (Å²) in [7, 11) is -2.34. The first-order valence-electron chi connectivity index (χ1n) is 9.44. The van der Waals surface area contributed by atoms with Gasteiger partial charge in [-0.2, -0.15) is 0 Å². The van der Waals surface area contributed by atoms with Crippen LogP contribution in [0.4, 0.5) is 5.69 Å². The Labute approximate surface area is 193 Å². The third kappa shape index (κ3) is 6.35. The number of hydrogen-bond donors (Lipinski definition) is 1. The van der Waals surface area contributed by atoms with E-state index in [1.807, 2.05) is 0 Å². The molecule has 1 N–H and O–H groups in total. The maximum Gasteiger partial charge on any atom is 0.244 e. The fourth-order valence-corrected chi connectivity index (χ4v) is 4.16. The average Bonchev–Trinajstić information content (AvgIpc) is 2.71. The zero-order chi connectivity index (χ0) is 23.3. The summed E-state index contributed by atoms with van der Waals surface area (Å²) in [5.41, 5.74) is 1.67. The molecule has 1 unspecified atom stereocenters. The van der Waals surface area contributed by atoms with Crippen LogP contribution in [0, 0.1) is 6.92 Å². The normalized spacial score (nSPS) is 12.2. The molecule has 31 heavy (non-hydrogen) atoms. The Morgan fingerprint density at radius 1 is 1.10 bits per heavy atom. The first kappa shape index (κ1) is 25.0. The molecule has 0 spiro atoms. The third-order valence-electron chi connectivity index (χ3n) is 4.83. The summed E-state index contributed by atoms with van der Waals surface area (Å²) >= 11 is 12.4. The number of nitrogens with zero attached hydrogens (tertiary/aromatic N) is 2. The number of hydrogen-bond acceptors (Lipinski definition) is 4. The van der Waals surface area contributed by atoms with Crippen LogP contribution in [0.15, 0.2) is 42.5 Å². The Hall–Kier alpha value is -2.29. The minimum Gasteiger partial charge on any atom is -0.357 e. The molecule has 0 aliphatic rings. The molecule has 7 nitrogen and oxygen atoms in total. The molecule has 2 aromatic rings. The van der Waals surface area contributed by atoms with Gasteiger partial charge in [0.15, 0.2) is 0 Å². The second kappa shape index (κ2) is 10.3. The van der Waals surface area contributed by atoms with Crippen molar-refractivity contribution in [1.82, 2.24) is 10.2 Å². The van der Waals surface area contributed by atoms with Crippen molar-refractivity contribution >= 4 is 50.7 Å². The van der Waals surface area contributed by atoms with E-state index in [0.717, 1.165) is 16.1 Å². The number of carbonyl (C=O) groups excluding carboxylic acids is 2. The number of nitrogens with one attached hydrogen (secondary N) is 1. The summed E-state index contributed by atoms with van der Waals surface area (Å²) in [5.74, 6) is -0.942. The molecule has 2 aromatic carbocycles. The smallest absolute Gasteiger partial charge is 0.244 e. The minimum atomic E-state index is -3.81. The Kier molecular flexibility index (Phi) is 8.34. The van der Waals surface area contributed by atoms with Crippen LogP contribution in [-0.2, 0) is 26.2 Å². The molecule has 168 valence electrons. The zero-order valence-electron chi connectivity index (χ0n) is 17.7. The van der Waals surface area contributed by atoms with Crippen molar-refractivity contribution in [3.63, 3.8) is 0 Å². The van der Waals surface area contributed by atoms with E-state index >= 15 is 0 Å². The molecule has 0 saturated carbocycles. The monoisotopic (exact) mass is 485 g/mol. The van der Waals surface area contributed by atoms with Crippen molar-refractivity contribution in [3.05, 3.63) is 63.6 Å². The molecule has 0 aromatic heterocycles. The van der Waals surface area contributed by atoms with E-state index in [4.69, 9.17) is 23.2 Å². The van der Waals surface area contributed by atoms with Gasteiger partial charge in [0.05, 0.1) is 11.9 Å². The highest BCUT2D eigenvalue weighted by molar-refractivity contribution is 7.92. The number of rotatable bonds is 8. The van der Waals surface area contributed by atoms with Gasteiger partial charge < -0.3 is 10.2 Å². The number of amides is 2. The summed E-state index contributed by atoms with van der Waals surface area (Å²) < 4.78 is 25.9. The molecule has 0 radical (unpaired) electrons. The lowest BCUT2D eigenvalue weighted by Gasteiger charge is -2.31. The van der Waals surface area contributed by atoms with Gasteiger partial charge in [-0.25, -0.2) is 8.42 Å². The van der Waals surface area contributed by atoms with E-state index in [9.17, 15) is 18.0 Å². The Morgan fingerprint density at radius 2 is 1.74 bits per heavy atom. The number of halogens is 2. The van der Waals surface area contributed by atoms with Gasteiger partial charge in [0.1, 0.15) is 12.6 Å². The molecule has 2 amide bonds. The molecule has 0 saturated heterocycles. The second-order valence-corrected chi connectivity index (χ2v) is 9.83. The van der Waals surface area contributed by atoms with Crippen molar-refractivity contribution in [2.24, 2.45) is 0 Å². The summed E-state index contributed by atoms with van der Waals surface area (Å²) in [4.78, 5) is 26.8. The summed E-state index contributed by atoms with van der Waals surface area (Å²) in [6.45, 7) is 2.91. The number of anilines is 1. The van der Waals surface area contributed by atoms with E-state index in [1.54, 1.807) is 50.2 Å². The van der Waals surface area contributed by atoms with Crippen LogP contribution in [0.2, 0.25) is 10.0 Å². The predicted octanol–water partition coefficient (Wildman–Crippen LogP) is 3.23. The van der Waals surface area contributed by atoms with Crippen LogP contribution in [-0.4, -0.2) is 51.0 Å². The summed E-state index contributed by atoms with van der Waals surface area (Å²) in [5, 5.41) is 3.33. The molecule has 2 rings (SSSR count). The summed E-state index contributed by atoms with van der Waals surface area (Å²) in [6, 6.07) is 10.8. The number of sulfonamides is 1. The van der Waals surface area contributed by atoms with Gasteiger partial charge in [-0.1, -0.05) is 47.5 Å². The van der Waals surface area contributed by atoms with E-state index < -0.39 is 28.5 Å². The van der Waals surface area contributed by atoms with Crippen molar-refractivity contribution in [1.29, 1.82) is 0 Å². The first-order chi connectivity index (χ1) is 14.5. The predicted molar refractivity (Wildman–Crippen MR) is 124 cm³/mol. The first-order valence-corrected chi connectivity index (χ1v) is 12.0. The molecule has 1 atom stereocenters. The molecule has 0 heterocycles. The van der Waals surface area contributed by atoms with Crippen molar-refractivity contribution in [3.8, 4) is 0 Å². The molecule has 0 aliphatic heterocycles. The average molecular weight is 486 g/mol. The van der Waals surface area contributed by atoms with Crippen molar-refractivity contribution in [2.45, 2.75) is 26.4 Å². The van der Waals surface area contributed by atoms with Gasteiger partial charge in [-0.15, -0.1) is 0 Å². The molecule has 0 fully saturated rings. The standard InChI is InChI=1S/C21H25Cl2N3O4S/c1-14-9-10-17(11-19(14)23)26(31(4,29)30)13-20(27)25(15(2)21(28)24-3)12-16-7-5-6-8-18(16)22/h5-11,15H,12-13H2,1-4H3,(H,24,28). The number of aryl methyl sites for hydroxylation is 1. The topological polar surface area (TPSA) is 86.8 Å². The van der Waals surface area contributed by atoms with Crippen LogP contribution in [0.3, 0.4) is 0 Å². The van der Waals surface area contributed by atoms with Crippen LogP contribution >= 0.6 is 23.2 Å². The Balaban J connectivity index is 2.42. The van der Waals surface area contributed by atoms with Crippen LogP contribution in [0.5, 0.6) is 0 Å². The van der Waals surface area contributed by atoms with E-state index in [1.165, 1.54) is 18.0 Å². The maximum atomic E-state index is 13.3. The van der Waals surface area contributed by atoms with Crippen molar-refractivity contribution in [2.75, 3.05) is 24.2 Å². The third-order valence-corrected chi connectivity index (χ3v) is 6.75. The van der Waals surface area contributed by atoms with Gasteiger partial charge in [-0.3, -0.25) is 13.9 Å². The molecule has 10 heteroatoms. The lowest BCUT2D eigenvalue weighted by Crippen LogP contribution is -2.50. The zero-order valence-corrected chi connectivity index (χ0v) is 20.1. The Morgan fingerprint density at radius 3 is 2.29 bits per heavy atom. The van der Waals surface area contributed by atoms with E-state index in [-0.39, 0.29) is 18.1 Å². The highest BCUT2D eigenvalue weighted by atomic mass is 35.5. The van der Waals surface area contributed by atoms with Crippen LogP contribution in [0.1, 0.15) is 18.1 Å². The van der Waals surface area contributed by atoms with Crippen molar-refractivity contribution < 1.29 is 18.0 Å². The van der Waals surface area contributed by atoms with Gasteiger partial charge in [-0.05, 0) is 43.2 Å².